The fourth-order valence-electron chi connectivity index (χ4n) is 8.53. The van der Waals surface area contributed by atoms with Crippen molar-refractivity contribution < 1.29 is 0 Å². The van der Waals surface area contributed by atoms with E-state index in [1.54, 1.807) is 0 Å². The Balaban J connectivity index is 1.46. The highest BCUT2D eigenvalue weighted by Gasteiger charge is 2.53. The third-order valence-corrected chi connectivity index (χ3v) is 10.0. The first-order valence-electron chi connectivity index (χ1n) is 14.8. The van der Waals surface area contributed by atoms with Crippen LogP contribution < -0.4 is 0 Å². The number of benzene rings is 7. The zero-order valence-electron chi connectivity index (χ0n) is 23.2. The van der Waals surface area contributed by atoms with Gasteiger partial charge < -0.3 is 0 Å². The number of rotatable bonds is 1. The van der Waals surface area contributed by atoms with E-state index in [9.17, 15) is 0 Å². The van der Waals surface area contributed by atoms with Crippen molar-refractivity contribution in [3.8, 4) is 55.6 Å². The van der Waals surface area contributed by atoms with Gasteiger partial charge in [0.1, 0.15) is 0 Å². The van der Waals surface area contributed by atoms with Crippen LogP contribution in [0.2, 0.25) is 0 Å². The second kappa shape index (κ2) is 7.97. The highest BCUT2D eigenvalue weighted by molar-refractivity contribution is 6.21. The summed E-state index contributed by atoms with van der Waals surface area (Å²) in [5.74, 6) is 0. The van der Waals surface area contributed by atoms with E-state index < -0.39 is 5.41 Å². The second-order valence-corrected chi connectivity index (χ2v) is 11.9. The average Bonchev–Trinajstić information content (AvgIpc) is 3.67. The zero-order chi connectivity index (χ0) is 28.3. The van der Waals surface area contributed by atoms with Crippen LogP contribution in [-0.4, -0.2) is 0 Å². The summed E-state index contributed by atoms with van der Waals surface area (Å²) in [7, 11) is 0. The summed E-state index contributed by atoms with van der Waals surface area (Å²) in [6, 6.07) is 51.1. The van der Waals surface area contributed by atoms with Gasteiger partial charge in [0.2, 0.25) is 0 Å². The molecule has 1 nitrogen and oxygen atoms in total. The van der Waals surface area contributed by atoms with Gasteiger partial charge in [0.25, 0.3) is 0 Å². The van der Waals surface area contributed by atoms with Crippen molar-refractivity contribution in [3.63, 3.8) is 0 Å². The Morgan fingerprint density at radius 3 is 1.70 bits per heavy atom. The predicted octanol–water partition coefficient (Wildman–Crippen LogP) is 11.0. The molecule has 0 unspecified atom stereocenters. The lowest BCUT2D eigenvalue weighted by Gasteiger charge is -2.31. The quantitative estimate of drug-likeness (QED) is 0.182. The Morgan fingerprint density at radius 1 is 0.419 bits per heavy atom. The van der Waals surface area contributed by atoms with E-state index in [0.29, 0.717) is 5.69 Å². The van der Waals surface area contributed by atoms with E-state index in [-0.39, 0.29) is 0 Å². The van der Waals surface area contributed by atoms with Gasteiger partial charge in [-0.25, -0.2) is 4.85 Å². The third kappa shape index (κ3) is 2.63. The molecule has 0 radical (unpaired) electrons. The van der Waals surface area contributed by atoms with Crippen molar-refractivity contribution in [3.05, 3.63) is 173 Å². The van der Waals surface area contributed by atoms with Gasteiger partial charge in [0.15, 0.2) is 5.69 Å². The lowest BCUT2D eigenvalue weighted by atomic mass is 9.69. The van der Waals surface area contributed by atoms with Gasteiger partial charge in [0, 0.05) is 0 Å². The number of nitrogens with zero attached hydrogens (tertiary/aromatic N) is 1. The van der Waals surface area contributed by atoms with E-state index >= 15 is 0 Å². The first-order chi connectivity index (χ1) is 21.3. The van der Waals surface area contributed by atoms with Crippen LogP contribution in [0.5, 0.6) is 0 Å². The molecule has 7 aromatic rings. The van der Waals surface area contributed by atoms with Crippen molar-refractivity contribution in [1.29, 1.82) is 0 Å². The molecular weight excluding hydrogens is 518 g/mol. The first-order valence-corrected chi connectivity index (χ1v) is 14.8. The predicted molar refractivity (Wildman–Crippen MR) is 176 cm³/mol. The first kappa shape index (κ1) is 22.9. The Hall–Kier alpha value is -5.71. The van der Waals surface area contributed by atoms with Gasteiger partial charge in [-0.3, -0.25) is 0 Å². The Morgan fingerprint density at radius 2 is 1.00 bits per heavy atom. The fraction of sp³-hybridized carbons (Fsp3) is 0.0238. The van der Waals surface area contributed by atoms with Crippen molar-refractivity contribution in [2.75, 3.05) is 0 Å². The smallest absolute Gasteiger partial charge is 0.187 e. The van der Waals surface area contributed by atoms with Gasteiger partial charge in [0.05, 0.1) is 12.0 Å². The van der Waals surface area contributed by atoms with Crippen molar-refractivity contribution in [1.82, 2.24) is 0 Å². The molecule has 1 heteroatoms. The lowest BCUT2D eigenvalue weighted by molar-refractivity contribution is 0.794. The number of hydrogen-bond acceptors (Lipinski definition) is 0. The Kier molecular flexibility index (Phi) is 4.25. The molecule has 0 amide bonds. The van der Waals surface area contributed by atoms with Crippen LogP contribution in [0.1, 0.15) is 22.3 Å². The Labute approximate surface area is 250 Å². The molecule has 0 fully saturated rings. The molecule has 0 saturated carbocycles. The molecule has 0 bridgehead atoms. The van der Waals surface area contributed by atoms with Crippen LogP contribution in [0.15, 0.2) is 140 Å². The molecule has 1 spiro atoms. The second-order valence-electron chi connectivity index (χ2n) is 11.9. The summed E-state index contributed by atoms with van der Waals surface area (Å²) >= 11 is 0. The maximum atomic E-state index is 7.84. The maximum absolute atomic E-state index is 7.84. The highest BCUT2D eigenvalue weighted by atomic mass is 14.6. The molecule has 3 aliphatic carbocycles. The van der Waals surface area contributed by atoms with E-state index in [1.165, 1.54) is 83.1 Å². The molecular formula is C42H23N. The molecule has 3 aliphatic rings. The van der Waals surface area contributed by atoms with Crippen molar-refractivity contribution in [2.24, 2.45) is 0 Å². The molecule has 7 aromatic carbocycles. The maximum Gasteiger partial charge on any atom is 0.187 e. The molecule has 0 heterocycles. The summed E-state index contributed by atoms with van der Waals surface area (Å²) in [5, 5.41) is 2.58. The van der Waals surface area contributed by atoms with Gasteiger partial charge >= 0.3 is 0 Å². The van der Waals surface area contributed by atoms with Crippen LogP contribution in [-0.2, 0) is 5.41 Å². The molecule has 0 aliphatic heterocycles. The largest absolute Gasteiger partial charge is 0.238 e. The van der Waals surface area contributed by atoms with E-state index in [4.69, 9.17) is 6.57 Å². The molecule has 196 valence electrons. The van der Waals surface area contributed by atoms with Crippen LogP contribution in [0.4, 0.5) is 5.69 Å². The summed E-state index contributed by atoms with van der Waals surface area (Å²) < 4.78 is 0. The summed E-state index contributed by atoms with van der Waals surface area (Å²) in [5.41, 5.74) is 18.2. The minimum Gasteiger partial charge on any atom is -0.238 e. The number of fused-ring (bicyclic) bond motifs is 13. The topological polar surface area (TPSA) is 4.36 Å². The standard InChI is InChI=1S/C42H23N/c1-43-27-14-8-13-26(23-27)39-40-32-19-10-12-25-11-9-18-30(38(25)32)33(40)24-37-41(39)31-17-4-7-22-36(31)42(37)34-20-5-2-15-28(34)29-16-3-6-21-35(29)42/h2-24H. The third-order valence-electron chi connectivity index (χ3n) is 10.0. The molecule has 0 saturated heterocycles. The zero-order valence-corrected chi connectivity index (χ0v) is 23.2. The van der Waals surface area contributed by atoms with Gasteiger partial charge in [-0.2, -0.15) is 0 Å². The minimum absolute atomic E-state index is 0.428. The summed E-state index contributed by atoms with van der Waals surface area (Å²) in [6.45, 7) is 7.84. The molecule has 0 aromatic heterocycles. The van der Waals surface area contributed by atoms with E-state index in [2.05, 4.69) is 132 Å². The molecule has 0 N–H and O–H groups in total. The van der Waals surface area contributed by atoms with Crippen LogP contribution in [0, 0.1) is 6.57 Å². The van der Waals surface area contributed by atoms with E-state index in [0.717, 1.165) is 5.56 Å². The summed E-state index contributed by atoms with van der Waals surface area (Å²) in [4.78, 5) is 3.85. The Bertz CT molecular complexity index is 2370. The van der Waals surface area contributed by atoms with Crippen molar-refractivity contribution in [2.45, 2.75) is 5.41 Å². The van der Waals surface area contributed by atoms with Crippen LogP contribution in [0.3, 0.4) is 0 Å². The minimum atomic E-state index is -0.428. The summed E-state index contributed by atoms with van der Waals surface area (Å²) in [6.07, 6.45) is 0. The average molecular weight is 542 g/mol. The highest BCUT2D eigenvalue weighted by Crippen LogP contribution is 2.67. The van der Waals surface area contributed by atoms with Gasteiger partial charge in [-0.15, -0.1) is 0 Å². The lowest BCUT2D eigenvalue weighted by Crippen LogP contribution is -2.26. The van der Waals surface area contributed by atoms with Gasteiger partial charge in [-0.1, -0.05) is 127 Å². The molecule has 0 atom stereocenters. The molecule has 10 rings (SSSR count). The van der Waals surface area contributed by atoms with Crippen LogP contribution in [0.25, 0.3) is 71.3 Å². The van der Waals surface area contributed by atoms with Crippen LogP contribution >= 0.6 is 0 Å². The molecule has 43 heavy (non-hydrogen) atoms. The van der Waals surface area contributed by atoms with Gasteiger partial charge in [-0.05, 0) is 101 Å². The SMILES string of the molecule is [C-]#[N+]c1cccc(-c2c3c(cc4c2-c2ccccc2C42c4ccccc4-c4ccccc42)-c2cccc4cccc-3c24)c1. The van der Waals surface area contributed by atoms with Crippen molar-refractivity contribution >= 4 is 16.5 Å². The normalized spacial score (nSPS) is 13.7. The number of hydrogen-bond donors (Lipinski definition) is 0. The fourth-order valence-corrected chi connectivity index (χ4v) is 8.53. The monoisotopic (exact) mass is 541 g/mol. The van der Waals surface area contributed by atoms with E-state index in [1.807, 2.05) is 12.1 Å².